The number of ether oxygens (including phenoxy) is 1. The van der Waals surface area contributed by atoms with Crippen molar-refractivity contribution in [2.24, 2.45) is 0 Å². The molecular weight excluding hydrogens is 779 g/mol. The second kappa shape index (κ2) is 50.0. The Kier molecular flexibility index (Phi) is 47.7. The lowest BCUT2D eigenvalue weighted by atomic mass is 10.0. The van der Waals surface area contributed by atoms with E-state index in [1.165, 1.54) is 122 Å². The van der Waals surface area contributed by atoms with E-state index in [1.807, 2.05) is 48.6 Å². The lowest BCUT2D eigenvalue weighted by Gasteiger charge is -2.24. The van der Waals surface area contributed by atoms with Gasteiger partial charge in [-0.2, -0.15) is 0 Å². The smallest absolute Gasteiger partial charge is 0.306 e. The van der Waals surface area contributed by atoms with Gasteiger partial charge in [0.2, 0.25) is 5.91 Å². The number of carbonyl (C=O) groups excluding carboxylic acids is 2. The summed E-state index contributed by atoms with van der Waals surface area (Å²) in [5, 5.41) is 23.7. The molecule has 0 aliphatic rings. The summed E-state index contributed by atoms with van der Waals surface area (Å²) >= 11 is 0. The highest BCUT2D eigenvalue weighted by molar-refractivity contribution is 5.77. The number of hydrogen-bond donors (Lipinski definition) is 3. The Morgan fingerprint density at radius 3 is 1.35 bits per heavy atom. The molecule has 63 heavy (non-hydrogen) atoms. The normalized spacial score (nSPS) is 13.9. The number of aliphatic hydroxyl groups is 2. The molecule has 0 fully saturated rings. The van der Waals surface area contributed by atoms with Crippen molar-refractivity contribution in [1.29, 1.82) is 0 Å². The van der Waals surface area contributed by atoms with Gasteiger partial charge in [0.15, 0.2) is 0 Å². The minimum Gasteiger partial charge on any atom is -0.462 e. The first-order chi connectivity index (χ1) is 31.0. The van der Waals surface area contributed by atoms with Crippen LogP contribution in [0.1, 0.15) is 239 Å². The van der Waals surface area contributed by atoms with Crippen LogP contribution in [0.5, 0.6) is 0 Å². The van der Waals surface area contributed by atoms with Crippen LogP contribution in [-0.2, 0) is 14.3 Å². The standard InChI is InChI=1S/C57H99NO5/c1-4-7-10-13-16-19-22-24-26-28-30-32-34-36-39-42-45-48-53(51-56(61)58-54(52-59)55(60)49-46-43-40-37-21-18-15-12-9-6-3)63-57(62)50-47-44-41-38-35-33-31-29-27-25-23-20-17-14-11-8-5-2/h8,11,14,17,20,23-27,29,31,33,35,53-55,59-60H,4-7,9-10,12-13,15-16,18-19,21-22,28,30,32,34,36-52H2,1-3H3,(H,58,61)/b11-8-,17-14+,23-20+,26-24+,27-25-,31-29+,35-33+. The van der Waals surface area contributed by atoms with Gasteiger partial charge in [0.25, 0.3) is 0 Å². The van der Waals surface area contributed by atoms with Crippen molar-refractivity contribution < 1.29 is 24.5 Å². The monoisotopic (exact) mass is 878 g/mol. The molecule has 0 aromatic carbocycles. The third-order valence-electron chi connectivity index (χ3n) is 11.6. The van der Waals surface area contributed by atoms with Crippen LogP contribution in [0, 0.1) is 0 Å². The highest BCUT2D eigenvalue weighted by Gasteiger charge is 2.24. The van der Waals surface area contributed by atoms with Crippen LogP contribution in [0.15, 0.2) is 85.1 Å². The average molecular weight is 878 g/mol. The minimum absolute atomic E-state index is 0.0527. The first-order valence-corrected chi connectivity index (χ1v) is 26.4. The third-order valence-corrected chi connectivity index (χ3v) is 11.6. The number of allylic oxidation sites excluding steroid dienone is 14. The quantitative estimate of drug-likeness (QED) is 0.0245. The molecule has 0 heterocycles. The Labute approximate surface area is 389 Å². The minimum atomic E-state index is -0.800. The molecule has 0 aliphatic carbocycles. The molecule has 0 aliphatic heterocycles. The van der Waals surface area contributed by atoms with Crippen LogP contribution in [0.25, 0.3) is 0 Å². The third kappa shape index (κ3) is 45.4. The fourth-order valence-electron chi connectivity index (χ4n) is 7.63. The van der Waals surface area contributed by atoms with E-state index in [9.17, 15) is 19.8 Å². The van der Waals surface area contributed by atoms with Crippen LogP contribution in [0.4, 0.5) is 0 Å². The van der Waals surface area contributed by atoms with Crippen LogP contribution in [-0.4, -0.2) is 46.9 Å². The van der Waals surface area contributed by atoms with Crippen LogP contribution >= 0.6 is 0 Å². The first kappa shape index (κ1) is 60.0. The Bertz CT molecular complexity index is 1210. The van der Waals surface area contributed by atoms with Crippen LogP contribution < -0.4 is 5.32 Å². The van der Waals surface area contributed by atoms with Gasteiger partial charge in [0.1, 0.15) is 6.10 Å². The summed E-state index contributed by atoms with van der Waals surface area (Å²) in [6.45, 7) is 6.31. The van der Waals surface area contributed by atoms with E-state index in [-0.39, 0.29) is 24.9 Å². The highest BCUT2D eigenvalue weighted by Crippen LogP contribution is 2.18. The van der Waals surface area contributed by atoms with Gasteiger partial charge in [-0.15, -0.1) is 0 Å². The van der Waals surface area contributed by atoms with E-state index >= 15 is 0 Å². The second-order valence-corrected chi connectivity index (χ2v) is 17.7. The van der Waals surface area contributed by atoms with Gasteiger partial charge in [-0.05, 0) is 70.6 Å². The lowest BCUT2D eigenvalue weighted by molar-refractivity contribution is -0.151. The van der Waals surface area contributed by atoms with Crippen molar-refractivity contribution in [3.63, 3.8) is 0 Å². The number of unbranched alkanes of at least 4 members (excludes halogenated alkanes) is 25. The van der Waals surface area contributed by atoms with Crippen LogP contribution in [0.2, 0.25) is 0 Å². The molecule has 0 spiro atoms. The number of hydrogen-bond acceptors (Lipinski definition) is 5. The van der Waals surface area contributed by atoms with Crippen molar-refractivity contribution in [3.05, 3.63) is 85.1 Å². The summed E-state index contributed by atoms with van der Waals surface area (Å²) in [4.78, 5) is 26.2. The average Bonchev–Trinajstić information content (AvgIpc) is 3.28. The van der Waals surface area contributed by atoms with Gasteiger partial charge in [-0.3, -0.25) is 9.59 Å². The van der Waals surface area contributed by atoms with Gasteiger partial charge >= 0.3 is 5.97 Å². The van der Waals surface area contributed by atoms with E-state index in [2.05, 4.69) is 62.5 Å². The lowest BCUT2D eigenvalue weighted by Crippen LogP contribution is -2.46. The summed E-state index contributed by atoms with van der Waals surface area (Å²) in [5.74, 6) is -0.531. The molecule has 1 amide bonds. The molecule has 6 heteroatoms. The predicted octanol–water partition coefficient (Wildman–Crippen LogP) is 16.0. The van der Waals surface area contributed by atoms with E-state index in [1.54, 1.807) is 0 Å². The van der Waals surface area contributed by atoms with Crippen molar-refractivity contribution in [3.8, 4) is 0 Å². The van der Waals surface area contributed by atoms with Crippen molar-refractivity contribution in [1.82, 2.24) is 5.32 Å². The van der Waals surface area contributed by atoms with Gasteiger partial charge in [-0.1, -0.05) is 241 Å². The topological polar surface area (TPSA) is 95.9 Å². The van der Waals surface area contributed by atoms with E-state index in [0.29, 0.717) is 19.3 Å². The summed E-state index contributed by atoms with van der Waals surface area (Å²) in [7, 11) is 0. The predicted molar refractivity (Wildman–Crippen MR) is 273 cm³/mol. The molecular formula is C57H99NO5. The molecule has 0 aromatic heterocycles. The molecule has 3 unspecified atom stereocenters. The number of esters is 1. The van der Waals surface area contributed by atoms with Crippen molar-refractivity contribution in [2.75, 3.05) is 6.61 Å². The Morgan fingerprint density at radius 2 is 0.873 bits per heavy atom. The van der Waals surface area contributed by atoms with Crippen molar-refractivity contribution in [2.45, 2.75) is 257 Å². The van der Waals surface area contributed by atoms with Crippen LogP contribution in [0.3, 0.4) is 0 Å². The number of aliphatic hydroxyl groups excluding tert-OH is 2. The fourth-order valence-corrected chi connectivity index (χ4v) is 7.63. The second-order valence-electron chi connectivity index (χ2n) is 17.7. The SMILES string of the molecule is CC\C=C/C=C/C=C/C=C\C=C\C=C\CCCCCC(=O)OC(CCCCCCCCC/C=C/CCCCCCCC)CC(=O)NC(CO)C(O)CCCCCCCCCCCC. The number of rotatable bonds is 46. The molecule has 0 radical (unpaired) electrons. The van der Waals surface area contributed by atoms with Gasteiger partial charge in [-0.25, -0.2) is 0 Å². The van der Waals surface area contributed by atoms with Gasteiger partial charge in [0, 0.05) is 6.42 Å². The summed E-state index contributed by atoms with van der Waals surface area (Å²) < 4.78 is 5.92. The van der Waals surface area contributed by atoms with Gasteiger partial charge in [0.05, 0.1) is 25.2 Å². The van der Waals surface area contributed by atoms with E-state index < -0.39 is 18.2 Å². The molecule has 0 saturated heterocycles. The molecule has 6 nitrogen and oxygen atoms in total. The van der Waals surface area contributed by atoms with Crippen molar-refractivity contribution >= 4 is 11.9 Å². The molecule has 3 N–H and O–H groups in total. The zero-order chi connectivity index (χ0) is 45.9. The zero-order valence-electron chi connectivity index (χ0n) is 41.2. The largest absolute Gasteiger partial charge is 0.462 e. The molecule has 0 rings (SSSR count). The summed E-state index contributed by atoms with van der Waals surface area (Å²) in [6, 6.07) is -0.716. The Hall–Kier alpha value is -2.96. The number of carbonyl (C=O) groups is 2. The highest BCUT2D eigenvalue weighted by atomic mass is 16.5. The van der Waals surface area contributed by atoms with Gasteiger partial charge < -0.3 is 20.3 Å². The molecule has 3 atom stereocenters. The molecule has 0 saturated carbocycles. The van der Waals surface area contributed by atoms with E-state index in [4.69, 9.17) is 4.74 Å². The maximum atomic E-state index is 13.2. The number of amides is 1. The first-order valence-electron chi connectivity index (χ1n) is 26.4. The summed E-state index contributed by atoms with van der Waals surface area (Å²) in [5.41, 5.74) is 0. The number of nitrogens with one attached hydrogen (secondary N) is 1. The zero-order valence-corrected chi connectivity index (χ0v) is 41.2. The summed E-state index contributed by atoms with van der Waals surface area (Å²) in [6.07, 6.45) is 65.0. The molecule has 0 aromatic rings. The Morgan fingerprint density at radius 1 is 0.476 bits per heavy atom. The van der Waals surface area contributed by atoms with E-state index in [0.717, 1.165) is 70.6 Å². The maximum Gasteiger partial charge on any atom is 0.306 e. The maximum absolute atomic E-state index is 13.2. The molecule has 362 valence electrons. The fraction of sp³-hybridized carbons (Fsp3) is 0.719. The molecule has 0 bridgehead atoms. The Balaban J connectivity index is 4.69.